The van der Waals surface area contributed by atoms with Crippen LogP contribution in [0.4, 0.5) is 5.69 Å². The Balaban J connectivity index is 1.72. The molecule has 4 atom stereocenters. The lowest BCUT2D eigenvalue weighted by molar-refractivity contribution is -0.128. The highest BCUT2D eigenvalue weighted by molar-refractivity contribution is 6.23. The molecule has 2 bridgehead atoms. The van der Waals surface area contributed by atoms with Crippen LogP contribution >= 0.6 is 0 Å². The van der Waals surface area contributed by atoms with Crippen LogP contribution in [0.2, 0.25) is 0 Å². The largest absolute Gasteiger partial charge is 0.393 e. The van der Waals surface area contributed by atoms with E-state index in [1.165, 1.54) is 6.92 Å². The molecule has 1 aromatic rings. The number of Topliss-reactive ketones (excluding diaryl/α,β-unsaturated/α-hetero) is 1. The average molecular weight is 313 g/mol. The smallest absolute Gasteiger partial charge is 0.241 e. The third-order valence-corrected chi connectivity index (χ3v) is 4.93. The van der Waals surface area contributed by atoms with Gasteiger partial charge in [-0.05, 0) is 31.2 Å². The molecule has 2 amide bonds. The number of benzene rings is 1. The number of nitrogens with zero attached hydrogens (tertiary/aromatic N) is 1. The molecule has 0 aliphatic carbocycles. The zero-order chi connectivity index (χ0) is 16.4. The second-order valence-electron chi connectivity index (χ2n) is 6.17. The van der Waals surface area contributed by atoms with Gasteiger partial charge in [-0.15, -0.1) is 0 Å². The van der Waals surface area contributed by atoms with Crippen molar-refractivity contribution in [1.29, 1.82) is 0 Å². The van der Waals surface area contributed by atoms with Gasteiger partial charge in [-0.1, -0.05) is 12.2 Å². The summed E-state index contributed by atoms with van der Waals surface area (Å²) in [6, 6.07) is 6.37. The van der Waals surface area contributed by atoms with Gasteiger partial charge in [0.25, 0.3) is 0 Å². The first kappa shape index (κ1) is 14.3. The Morgan fingerprint density at radius 2 is 1.96 bits per heavy atom. The number of carbonyl (C=O) groups is 3. The van der Waals surface area contributed by atoms with Crippen LogP contribution in [0.5, 0.6) is 0 Å². The van der Waals surface area contributed by atoms with E-state index in [1.54, 1.807) is 36.4 Å². The molecule has 6 heteroatoms. The highest BCUT2D eigenvalue weighted by atomic mass is 16.5. The minimum atomic E-state index is -1.09. The number of aliphatic hydroxyl groups excluding tert-OH is 1. The summed E-state index contributed by atoms with van der Waals surface area (Å²) in [5.74, 6) is -2.05. The van der Waals surface area contributed by atoms with Crippen LogP contribution in [0.15, 0.2) is 36.4 Å². The maximum absolute atomic E-state index is 12.8. The molecule has 0 radical (unpaired) electrons. The molecule has 1 aromatic carbocycles. The van der Waals surface area contributed by atoms with Gasteiger partial charge < -0.3 is 9.84 Å². The van der Waals surface area contributed by atoms with Crippen molar-refractivity contribution in [1.82, 2.24) is 0 Å². The molecule has 0 unspecified atom stereocenters. The fourth-order valence-corrected chi connectivity index (χ4v) is 3.78. The number of hydrogen-bond acceptors (Lipinski definition) is 5. The Bertz CT molecular complexity index is 753. The standard InChI is InChI=1S/C17H15NO5/c1-9(20)10-2-4-11(5-3-10)18-15(21)13-12-6-7-17(8-19,23-12)14(13)16(18)22/h2-7,12-14,19H,8H2,1H3/t12-,13-,14+,17-/m1/s1. The number of hydrogen-bond donors (Lipinski definition) is 1. The number of amides is 2. The maximum Gasteiger partial charge on any atom is 0.241 e. The highest BCUT2D eigenvalue weighted by Crippen LogP contribution is 2.52. The Kier molecular flexibility index (Phi) is 2.86. The fourth-order valence-electron chi connectivity index (χ4n) is 3.78. The van der Waals surface area contributed by atoms with E-state index in [-0.39, 0.29) is 24.2 Å². The summed E-state index contributed by atoms with van der Waals surface area (Å²) in [4.78, 5) is 38.0. The number of carbonyl (C=O) groups excluding carboxylic acids is 3. The Morgan fingerprint density at radius 3 is 2.57 bits per heavy atom. The normalized spacial score (nSPS) is 34.3. The number of ether oxygens (including phenoxy) is 1. The van der Waals surface area contributed by atoms with Gasteiger partial charge >= 0.3 is 0 Å². The summed E-state index contributed by atoms with van der Waals surface area (Å²) in [7, 11) is 0. The zero-order valence-electron chi connectivity index (χ0n) is 12.4. The van der Waals surface area contributed by atoms with Crippen LogP contribution in [-0.2, 0) is 14.3 Å². The van der Waals surface area contributed by atoms with Gasteiger partial charge in [-0.25, -0.2) is 4.90 Å². The predicted molar refractivity (Wildman–Crippen MR) is 79.7 cm³/mol. The summed E-state index contributed by atoms with van der Waals surface area (Å²) in [5, 5.41) is 9.65. The first-order chi connectivity index (χ1) is 11.0. The van der Waals surface area contributed by atoms with Crippen molar-refractivity contribution in [2.45, 2.75) is 18.6 Å². The van der Waals surface area contributed by atoms with E-state index in [9.17, 15) is 19.5 Å². The first-order valence-electron chi connectivity index (χ1n) is 7.45. The van der Waals surface area contributed by atoms with E-state index >= 15 is 0 Å². The summed E-state index contributed by atoms with van der Waals surface area (Å²) in [6.07, 6.45) is 2.96. The van der Waals surface area contributed by atoms with Crippen molar-refractivity contribution < 1.29 is 24.2 Å². The first-order valence-corrected chi connectivity index (χ1v) is 7.45. The third-order valence-electron chi connectivity index (χ3n) is 4.93. The lowest BCUT2D eigenvalue weighted by atomic mass is 9.77. The van der Waals surface area contributed by atoms with E-state index < -0.39 is 23.5 Å². The van der Waals surface area contributed by atoms with E-state index in [2.05, 4.69) is 0 Å². The van der Waals surface area contributed by atoms with E-state index in [1.807, 2.05) is 0 Å². The Hall–Kier alpha value is -2.31. The van der Waals surface area contributed by atoms with Crippen molar-refractivity contribution in [3.63, 3.8) is 0 Å². The maximum atomic E-state index is 12.8. The molecule has 6 nitrogen and oxygen atoms in total. The van der Waals surface area contributed by atoms with Crippen LogP contribution in [-0.4, -0.2) is 41.0 Å². The number of rotatable bonds is 3. The molecular formula is C17H15NO5. The predicted octanol–water partition coefficient (Wildman–Crippen LogP) is 0.695. The Labute approximate surface area is 132 Å². The second kappa shape index (κ2) is 4.59. The summed E-state index contributed by atoms with van der Waals surface area (Å²) < 4.78 is 5.68. The van der Waals surface area contributed by atoms with Gasteiger partial charge in [0.1, 0.15) is 5.60 Å². The molecule has 2 saturated heterocycles. The SMILES string of the molecule is CC(=O)c1ccc(N2C(=O)[C@H]3[C@@H](C2=O)[C@]2(CO)C=C[C@H]3O2)cc1. The quantitative estimate of drug-likeness (QED) is 0.504. The summed E-state index contributed by atoms with van der Waals surface area (Å²) >= 11 is 0. The zero-order valence-corrected chi connectivity index (χ0v) is 12.4. The number of anilines is 1. The topological polar surface area (TPSA) is 83.9 Å². The van der Waals surface area contributed by atoms with Crippen molar-refractivity contribution in [2.24, 2.45) is 11.8 Å². The molecule has 0 aromatic heterocycles. The Morgan fingerprint density at radius 1 is 1.26 bits per heavy atom. The van der Waals surface area contributed by atoms with Crippen molar-refractivity contribution in [3.05, 3.63) is 42.0 Å². The minimum absolute atomic E-state index is 0.0811. The van der Waals surface area contributed by atoms with Crippen LogP contribution in [0.1, 0.15) is 17.3 Å². The van der Waals surface area contributed by atoms with Crippen molar-refractivity contribution in [3.8, 4) is 0 Å². The molecule has 3 heterocycles. The van der Waals surface area contributed by atoms with Crippen LogP contribution in [0.3, 0.4) is 0 Å². The van der Waals surface area contributed by atoms with Crippen LogP contribution in [0, 0.1) is 11.8 Å². The molecule has 0 spiro atoms. The van der Waals surface area contributed by atoms with Crippen molar-refractivity contribution >= 4 is 23.3 Å². The van der Waals surface area contributed by atoms with Gasteiger partial charge in [0.2, 0.25) is 11.8 Å². The van der Waals surface area contributed by atoms with Crippen LogP contribution in [0.25, 0.3) is 0 Å². The van der Waals surface area contributed by atoms with E-state index in [4.69, 9.17) is 4.74 Å². The lowest BCUT2D eigenvalue weighted by Gasteiger charge is -2.26. The number of fused-ring (bicyclic) bond motifs is 5. The average Bonchev–Trinajstić information content (AvgIpc) is 3.19. The molecule has 3 aliphatic rings. The number of aliphatic hydroxyl groups is 1. The van der Waals surface area contributed by atoms with Crippen LogP contribution < -0.4 is 4.90 Å². The molecule has 1 N–H and O–H groups in total. The summed E-state index contributed by atoms with van der Waals surface area (Å²) in [6.45, 7) is 1.12. The fraction of sp³-hybridized carbons (Fsp3) is 0.353. The molecule has 0 saturated carbocycles. The van der Waals surface area contributed by atoms with Crippen molar-refractivity contribution in [2.75, 3.05) is 11.5 Å². The van der Waals surface area contributed by atoms with Gasteiger partial charge in [-0.2, -0.15) is 0 Å². The molecule has 23 heavy (non-hydrogen) atoms. The molecule has 2 fully saturated rings. The monoisotopic (exact) mass is 313 g/mol. The van der Waals surface area contributed by atoms with Gasteiger partial charge in [-0.3, -0.25) is 14.4 Å². The van der Waals surface area contributed by atoms with Gasteiger partial charge in [0.05, 0.1) is 30.2 Å². The molecule has 3 aliphatic heterocycles. The lowest BCUT2D eigenvalue weighted by Crippen LogP contribution is -2.43. The molecular weight excluding hydrogens is 298 g/mol. The van der Waals surface area contributed by atoms with E-state index in [0.717, 1.165) is 4.90 Å². The molecule has 118 valence electrons. The summed E-state index contributed by atoms with van der Waals surface area (Å²) in [5.41, 5.74) is -0.132. The van der Waals surface area contributed by atoms with Gasteiger partial charge in [0, 0.05) is 5.56 Å². The second-order valence-corrected chi connectivity index (χ2v) is 6.17. The minimum Gasteiger partial charge on any atom is -0.393 e. The number of imide groups is 1. The molecule has 4 rings (SSSR count). The van der Waals surface area contributed by atoms with Gasteiger partial charge in [0.15, 0.2) is 5.78 Å². The third kappa shape index (κ3) is 1.73. The number of ketones is 1. The van der Waals surface area contributed by atoms with E-state index in [0.29, 0.717) is 11.3 Å². The highest BCUT2D eigenvalue weighted by Gasteiger charge is 2.67.